The minimum absolute atomic E-state index is 0.833. The molecule has 0 aromatic carbocycles. The molecule has 1 aliphatic heterocycles. The Labute approximate surface area is 89.9 Å². The summed E-state index contributed by atoms with van der Waals surface area (Å²) in [6, 6.07) is 0. The van der Waals surface area contributed by atoms with Crippen molar-refractivity contribution in [3.8, 4) is 0 Å². The maximum absolute atomic E-state index is 5.42. The average molecular weight is 200 g/mol. The molecule has 0 atom stereocenters. The van der Waals surface area contributed by atoms with Gasteiger partial charge in [-0.2, -0.15) is 0 Å². The second-order valence-corrected chi connectivity index (χ2v) is 4.78. The third-order valence-electron chi connectivity index (χ3n) is 2.13. The Morgan fingerprint density at radius 2 is 1.57 bits per heavy atom. The molecule has 0 bridgehead atoms. The normalized spacial score (nSPS) is 17.8. The molecule has 1 heterocycles. The first-order valence-electron chi connectivity index (χ1n) is 6.09. The lowest BCUT2D eigenvalue weighted by atomic mass is 10.1. The van der Waals surface area contributed by atoms with Crippen molar-refractivity contribution < 1.29 is 0 Å². The van der Waals surface area contributed by atoms with Crippen LogP contribution in [-0.2, 0) is 0 Å². The van der Waals surface area contributed by atoms with Crippen molar-refractivity contribution in [3.63, 3.8) is 0 Å². The Morgan fingerprint density at radius 1 is 1.07 bits per heavy atom. The van der Waals surface area contributed by atoms with Crippen LogP contribution in [0.5, 0.6) is 0 Å². The molecule has 0 saturated carbocycles. The molecule has 2 nitrogen and oxygen atoms in total. The zero-order valence-electron chi connectivity index (χ0n) is 10.3. The van der Waals surface area contributed by atoms with Crippen LogP contribution in [0.4, 0.5) is 0 Å². The Hall–Kier alpha value is -0.0800. The average Bonchev–Trinajstić information content (AvgIpc) is 2.15. The SMILES string of the molecule is CC(C)C.NCCCN1CCCCC1. The monoisotopic (exact) mass is 200 g/mol. The molecule has 0 unspecified atom stereocenters. The lowest BCUT2D eigenvalue weighted by molar-refractivity contribution is 0.227. The number of rotatable bonds is 3. The molecule has 1 fully saturated rings. The van der Waals surface area contributed by atoms with Gasteiger partial charge in [0.1, 0.15) is 0 Å². The minimum Gasteiger partial charge on any atom is -0.330 e. The molecule has 1 aliphatic rings. The Bertz CT molecular complexity index is 104. The van der Waals surface area contributed by atoms with Gasteiger partial charge >= 0.3 is 0 Å². The maximum Gasteiger partial charge on any atom is -0.000672 e. The van der Waals surface area contributed by atoms with Gasteiger partial charge in [0.25, 0.3) is 0 Å². The number of hydrogen-bond donors (Lipinski definition) is 1. The molecule has 1 saturated heterocycles. The van der Waals surface area contributed by atoms with E-state index in [1.165, 1.54) is 45.3 Å². The largest absolute Gasteiger partial charge is 0.330 e. The first-order valence-corrected chi connectivity index (χ1v) is 6.09. The van der Waals surface area contributed by atoms with Gasteiger partial charge in [0.2, 0.25) is 0 Å². The molecule has 86 valence electrons. The number of nitrogens with two attached hydrogens (primary N) is 1. The van der Waals surface area contributed by atoms with Gasteiger partial charge in [-0.1, -0.05) is 27.2 Å². The van der Waals surface area contributed by atoms with Crippen molar-refractivity contribution in [2.45, 2.75) is 46.5 Å². The molecular weight excluding hydrogens is 172 g/mol. The van der Waals surface area contributed by atoms with E-state index in [-0.39, 0.29) is 0 Å². The molecule has 2 heteroatoms. The van der Waals surface area contributed by atoms with Crippen LogP contribution in [0, 0.1) is 5.92 Å². The van der Waals surface area contributed by atoms with Crippen molar-refractivity contribution >= 4 is 0 Å². The molecule has 0 radical (unpaired) electrons. The predicted octanol–water partition coefficient (Wildman–Crippen LogP) is 2.48. The van der Waals surface area contributed by atoms with E-state index in [1.54, 1.807) is 0 Å². The van der Waals surface area contributed by atoms with Crippen LogP contribution in [0.2, 0.25) is 0 Å². The zero-order chi connectivity index (χ0) is 10.8. The summed E-state index contributed by atoms with van der Waals surface area (Å²) in [6.07, 6.45) is 5.38. The Morgan fingerprint density at radius 3 is 2.00 bits per heavy atom. The summed E-state index contributed by atoms with van der Waals surface area (Å²) in [5.41, 5.74) is 5.42. The summed E-state index contributed by atoms with van der Waals surface area (Å²) >= 11 is 0. The van der Waals surface area contributed by atoms with E-state index in [1.807, 2.05) is 0 Å². The number of piperidine rings is 1. The highest BCUT2D eigenvalue weighted by molar-refractivity contribution is 4.63. The first-order chi connectivity index (χ1) is 6.66. The number of likely N-dealkylation sites (tertiary alicyclic amines) is 1. The van der Waals surface area contributed by atoms with Gasteiger partial charge in [-0.3, -0.25) is 0 Å². The Kier molecular flexibility index (Phi) is 9.42. The van der Waals surface area contributed by atoms with Crippen molar-refractivity contribution in [1.29, 1.82) is 0 Å². The summed E-state index contributed by atoms with van der Waals surface area (Å²) in [5, 5.41) is 0. The molecule has 0 spiro atoms. The maximum atomic E-state index is 5.42. The van der Waals surface area contributed by atoms with E-state index in [0.717, 1.165) is 12.5 Å². The molecular formula is C12H28N2. The quantitative estimate of drug-likeness (QED) is 0.758. The second kappa shape index (κ2) is 9.47. The minimum atomic E-state index is 0.833. The van der Waals surface area contributed by atoms with Crippen molar-refractivity contribution in [3.05, 3.63) is 0 Å². The van der Waals surface area contributed by atoms with Crippen LogP contribution < -0.4 is 5.73 Å². The molecule has 1 rings (SSSR count). The lowest BCUT2D eigenvalue weighted by Gasteiger charge is -2.25. The summed E-state index contributed by atoms with van der Waals surface area (Å²) in [7, 11) is 0. The topological polar surface area (TPSA) is 29.3 Å². The van der Waals surface area contributed by atoms with E-state index in [2.05, 4.69) is 25.7 Å². The standard InChI is InChI=1S/C8H18N2.C4H10/c9-5-4-8-10-6-2-1-3-7-10;1-4(2)3/h1-9H2;4H,1-3H3. The van der Waals surface area contributed by atoms with Crippen molar-refractivity contribution in [1.82, 2.24) is 4.90 Å². The van der Waals surface area contributed by atoms with Gasteiger partial charge in [0.05, 0.1) is 0 Å². The number of nitrogens with zero attached hydrogens (tertiary/aromatic N) is 1. The molecule has 0 aliphatic carbocycles. The molecule has 0 aromatic rings. The third-order valence-corrected chi connectivity index (χ3v) is 2.13. The molecule has 14 heavy (non-hydrogen) atoms. The van der Waals surface area contributed by atoms with E-state index in [0.29, 0.717) is 0 Å². The Balaban J connectivity index is 0.000000364. The van der Waals surface area contributed by atoms with Crippen LogP contribution in [0.25, 0.3) is 0 Å². The van der Waals surface area contributed by atoms with Gasteiger partial charge in [-0.05, 0) is 51.4 Å². The van der Waals surface area contributed by atoms with Crippen LogP contribution in [-0.4, -0.2) is 31.1 Å². The third kappa shape index (κ3) is 10.0. The number of hydrogen-bond acceptors (Lipinski definition) is 2. The summed E-state index contributed by atoms with van der Waals surface area (Å²) < 4.78 is 0. The highest BCUT2D eigenvalue weighted by Crippen LogP contribution is 2.07. The van der Waals surface area contributed by atoms with Crippen LogP contribution in [0.1, 0.15) is 46.5 Å². The fraction of sp³-hybridized carbons (Fsp3) is 1.00. The smallest absolute Gasteiger partial charge is 0.000672 e. The summed E-state index contributed by atoms with van der Waals surface area (Å²) in [6.45, 7) is 11.2. The van der Waals surface area contributed by atoms with Gasteiger partial charge in [0.15, 0.2) is 0 Å². The summed E-state index contributed by atoms with van der Waals surface area (Å²) in [4.78, 5) is 2.52. The van der Waals surface area contributed by atoms with Crippen molar-refractivity contribution in [2.75, 3.05) is 26.2 Å². The van der Waals surface area contributed by atoms with Crippen LogP contribution in [0.15, 0.2) is 0 Å². The van der Waals surface area contributed by atoms with E-state index < -0.39 is 0 Å². The van der Waals surface area contributed by atoms with Gasteiger partial charge in [-0.15, -0.1) is 0 Å². The fourth-order valence-corrected chi connectivity index (χ4v) is 1.50. The zero-order valence-corrected chi connectivity index (χ0v) is 10.3. The fourth-order valence-electron chi connectivity index (χ4n) is 1.50. The van der Waals surface area contributed by atoms with Crippen LogP contribution in [0.3, 0.4) is 0 Å². The van der Waals surface area contributed by atoms with Gasteiger partial charge < -0.3 is 10.6 Å². The van der Waals surface area contributed by atoms with Gasteiger partial charge in [-0.25, -0.2) is 0 Å². The first kappa shape index (κ1) is 13.9. The molecule has 0 amide bonds. The van der Waals surface area contributed by atoms with E-state index >= 15 is 0 Å². The van der Waals surface area contributed by atoms with Gasteiger partial charge in [0, 0.05) is 0 Å². The highest BCUT2D eigenvalue weighted by Gasteiger charge is 2.07. The van der Waals surface area contributed by atoms with E-state index in [4.69, 9.17) is 5.73 Å². The highest BCUT2D eigenvalue weighted by atomic mass is 15.1. The van der Waals surface area contributed by atoms with E-state index in [9.17, 15) is 0 Å². The predicted molar refractivity (Wildman–Crippen MR) is 64.5 cm³/mol. The summed E-state index contributed by atoms with van der Waals surface area (Å²) in [5.74, 6) is 0.833. The molecule has 0 aromatic heterocycles. The lowest BCUT2D eigenvalue weighted by Crippen LogP contribution is -2.31. The van der Waals surface area contributed by atoms with Crippen LogP contribution >= 0.6 is 0 Å². The second-order valence-electron chi connectivity index (χ2n) is 4.78. The molecule has 2 N–H and O–H groups in total. The van der Waals surface area contributed by atoms with Crippen molar-refractivity contribution in [2.24, 2.45) is 11.7 Å².